The fraction of sp³-hybridized carbons (Fsp3) is 0.211. The smallest absolute Gasteiger partial charge is 0.337 e. The van der Waals surface area contributed by atoms with Crippen molar-refractivity contribution in [2.45, 2.75) is 12.5 Å². The highest BCUT2D eigenvalue weighted by Gasteiger charge is 2.18. The molecule has 2 aromatic rings. The van der Waals surface area contributed by atoms with Crippen LogP contribution < -0.4 is 0 Å². The van der Waals surface area contributed by atoms with Gasteiger partial charge in [0.05, 0.1) is 19.8 Å². The van der Waals surface area contributed by atoms with Crippen molar-refractivity contribution in [1.82, 2.24) is 0 Å². The molecule has 0 heterocycles. The molecule has 0 amide bonds. The molecule has 1 unspecified atom stereocenters. The van der Waals surface area contributed by atoms with E-state index in [0.29, 0.717) is 12.0 Å². The number of aliphatic imine (C=N–C) groups is 1. The molecular weight excluding hydrogens is 306 g/mol. The number of benzene rings is 2. The first kappa shape index (κ1) is 17.4. The molecule has 2 aromatic carbocycles. The monoisotopic (exact) mass is 325 g/mol. The number of carbonyl (C=O) groups is 2. The number of nitrogens with zero attached hydrogens (tertiary/aromatic N) is 1. The summed E-state index contributed by atoms with van der Waals surface area (Å²) in [7, 11) is 2.68. The van der Waals surface area contributed by atoms with Gasteiger partial charge in [0.25, 0.3) is 0 Å². The van der Waals surface area contributed by atoms with Crippen LogP contribution in [-0.4, -0.2) is 38.4 Å². The molecule has 0 radical (unpaired) electrons. The largest absolute Gasteiger partial charge is 0.467 e. The predicted molar refractivity (Wildman–Crippen MR) is 91.3 cm³/mol. The lowest BCUT2D eigenvalue weighted by Gasteiger charge is -2.10. The Bertz CT molecular complexity index is 708. The molecule has 0 N–H and O–H groups in total. The Labute approximate surface area is 140 Å². The Morgan fingerprint density at radius 3 is 2.25 bits per heavy atom. The van der Waals surface area contributed by atoms with Crippen LogP contribution in [0.25, 0.3) is 0 Å². The first-order valence-corrected chi connectivity index (χ1v) is 7.47. The van der Waals surface area contributed by atoms with E-state index < -0.39 is 18.0 Å². The molecule has 0 aliphatic rings. The zero-order chi connectivity index (χ0) is 17.4. The number of esters is 2. The molecule has 5 heteroatoms. The second-order valence-corrected chi connectivity index (χ2v) is 5.12. The van der Waals surface area contributed by atoms with Crippen molar-refractivity contribution in [1.29, 1.82) is 0 Å². The van der Waals surface area contributed by atoms with E-state index in [0.717, 1.165) is 11.1 Å². The van der Waals surface area contributed by atoms with E-state index in [1.807, 2.05) is 30.3 Å². The van der Waals surface area contributed by atoms with Crippen LogP contribution in [0.4, 0.5) is 0 Å². The molecule has 2 rings (SSSR count). The van der Waals surface area contributed by atoms with Gasteiger partial charge in [0.1, 0.15) is 0 Å². The van der Waals surface area contributed by atoms with E-state index >= 15 is 0 Å². The fourth-order valence-electron chi connectivity index (χ4n) is 2.17. The van der Waals surface area contributed by atoms with Gasteiger partial charge in [-0.05, 0) is 23.3 Å². The standard InChI is InChI=1S/C19H19NO4/c1-23-18(21)16-10-8-14(9-11-16)12-17(19(22)24-2)20-13-15-6-4-3-5-7-15/h3-11,13,17H,12H2,1-2H3. The zero-order valence-corrected chi connectivity index (χ0v) is 13.6. The first-order valence-electron chi connectivity index (χ1n) is 7.47. The normalized spacial score (nSPS) is 11.9. The predicted octanol–water partition coefficient (Wildman–Crippen LogP) is 2.68. The van der Waals surface area contributed by atoms with E-state index in [2.05, 4.69) is 9.73 Å². The molecule has 24 heavy (non-hydrogen) atoms. The van der Waals surface area contributed by atoms with Crippen LogP contribution in [0.1, 0.15) is 21.5 Å². The summed E-state index contributed by atoms with van der Waals surface area (Å²) < 4.78 is 9.49. The number of carbonyl (C=O) groups excluding carboxylic acids is 2. The van der Waals surface area contributed by atoms with Crippen LogP contribution in [0.15, 0.2) is 59.6 Å². The Morgan fingerprint density at radius 1 is 1.00 bits per heavy atom. The number of hydrogen-bond acceptors (Lipinski definition) is 5. The average Bonchev–Trinajstić information content (AvgIpc) is 2.65. The van der Waals surface area contributed by atoms with Crippen LogP contribution in [0.2, 0.25) is 0 Å². The molecule has 124 valence electrons. The minimum absolute atomic E-state index is 0.386. The SMILES string of the molecule is COC(=O)c1ccc(CC(N=Cc2ccccc2)C(=O)OC)cc1. The summed E-state index contributed by atoms with van der Waals surface area (Å²) in [6, 6.07) is 15.8. The van der Waals surface area contributed by atoms with Gasteiger partial charge in [-0.25, -0.2) is 9.59 Å². The lowest BCUT2D eigenvalue weighted by molar-refractivity contribution is -0.142. The van der Waals surface area contributed by atoms with Crippen LogP contribution in [0, 0.1) is 0 Å². The summed E-state index contributed by atoms with van der Waals surface area (Å²) in [5, 5.41) is 0. The molecular formula is C19H19NO4. The first-order chi connectivity index (χ1) is 11.6. The zero-order valence-electron chi connectivity index (χ0n) is 13.6. The number of hydrogen-bond donors (Lipinski definition) is 0. The Hall–Kier alpha value is -2.95. The second-order valence-electron chi connectivity index (χ2n) is 5.12. The van der Waals surface area contributed by atoms with Gasteiger partial charge in [0, 0.05) is 12.6 Å². The third-order valence-electron chi connectivity index (χ3n) is 3.48. The van der Waals surface area contributed by atoms with Crippen molar-refractivity contribution in [2.24, 2.45) is 4.99 Å². The van der Waals surface area contributed by atoms with Crippen LogP contribution in [-0.2, 0) is 20.7 Å². The highest BCUT2D eigenvalue weighted by atomic mass is 16.5. The maximum atomic E-state index is 11.9. The van der Waals surface area contributed by atoms with Gasteiger partial charge in [-0.3, -0.25) is 4.99 Å². The Morgan fingerprint density at radius 2 is 1.67 bits per heavy atom. The van der Waals surface area contributed by atoms with Crippen molar-refractivity contribution in [3.8, 4) is 0 Å². The van der Waals surface area contributed by atoms with Crippen LogP contribution in [0.3, 0.4) is 0 Å². The molecule has 0 aromatic heterocycles. The van der Waals surface area contributed by atoms with Crippen molar-refractivity contribution in [3.63, 3.8) is 0 Å². The van der Waals surface area contributed by atoms with Crippen LogP contribution in [0.5, 0.6) is 0 Å². The number of methoxy groups -OCH3 is 2. The molecule has 0 spiro atoms. The average molecular weight is 325 g/mol. The van der Waals surface area contributed by atoms with Gasteiger partial charge in [-0.15, -0.1) is 0 Å². The summed E-state index contributed by atoms with van der Waals surface area (Å²) in [5.74, 6) is -0.799. The van der Waals surface area contributed by atoms with Crippen molar-refractivity contribution >= 4 is 18.2 Å². The summed E-state index contributed by atoms with van der Waals surface area (Å²) in [6.07, 6.45) is 2.04. The van der Waals surface area contributed by atoms with Gasteiger partial charge in [-0.1, -0.05) is 42.5 Å². The summed E-state index contributed by atoms with van der Waals surface area (Å²) >= 11 is 0. The topological polar surface area (TPSA) is 65.0 Å². The van der Waals surface area contributed by atoms with Crippen LogP contribution >= 0.6 is 0 Å². The lowest BCUT2D eigenvalue weighted by Crippen LogP contribution is -2.23. The number of ether oxygens (including phenoxy) is 2. The molecule has 0 aliphatic carbocycles. The maximum Gasteiger partial charge on any atom is 0.337 e. The van der Waals surface area contributed by atoms with Crippen molar-refractivity contribution < 1.29 is 19.1 Å². The molecule has 0 bridgehead atoms. The maximum absolute atomic E-state index is 11.9. The Kier molecular flexibility index (Phi) is 6.25. The second kappa shape index (κ2) is 8.62. The van der Waals surface area contributed by atoms with E-state index in [-0.39, 0.29) is 0 Å². The summed E-state index contributed by atoms with van der Waals surface area (Å²) in [5.41, 5.74) is 2.25. The highest BCUT2D eigenvalue weighted by Crippen LogP contribution is 2.11. The molecule has 0 saturated heterocycles. The minimum atomic E-state index is -0.640. The fourth-order valence-corrected chi connectivity index (χ4v) is 2.17. The van der Waals surface area contributed by atoms with Gasteiger partial charge in [0.2, 0.25) is 0 Å². The van der Waals surface area contributed by atoms with E-state index in [9.17, 15) is 9.59 Å². The van der Waals surface area contributed by atoms with Crippen molar-refractivity contribution in [3.05, 3.63) is 71.3 Å². The van der Waals surface area contributed by atoms with E-state index in [1.165, 1.54) is 14.2 Å². The number of rotatable bonds is 6. The van der Waals surface area contributed by atoms with Gasteiger partial charge in [-0.2, -0.15) is 0 Å². The molecule has 0 fully saturated rings. The molecule has 5 nitrogen and oxygen atoms in total. The van der Waals surface area contributed by atoms with Crippen molar-refractivity contribution in [2.75, 3.05) is 14.2 Å². The highest BCUT2D eigenvalue weighted by molar-refractivity contribution is 5.89. The van der Waals surface area contributed by atoms with E-state index in [1.54, 1.807) is 30.5 Å². The lowest BCUT2D eigenvalue weighted by atomic mass is 10.0. The molecule has 0 saturated carbocycles. The third kappa shape index (κ3) is 4.78. The van der Waals surface area contributed by atoms with Gasteiger partial charge in [0.15, 0.2) is 6.04 Å². The molecule has 1 atom stereocenters. The van der Waals surface area contributed by atoms with Gasteiger partial charge < -0.3 is 9.47 Å². The minimum Gasteiger partial charge on any atom is -0.467 e. The van der Waals surface area contributed by atoms with E-state index in [4.69, 9.17) is 4.74 Å². The van der Waals surface area contributed by atoms with Gasteiger partial charge >= 0.3 is 11.9 Å². The molecule has 0 aliphatic heterocycles. The summed E-state index contributed by atoms with van der Waals surface area (Å²) in [4.78, 5) is 27.7. The Balaban J connectivity index is 2.13. The summed E-state index contributed by atoms with van der Waals surface area (Å²) in [6.45, 7) is 0. The third-order valence-corrected chi connectivity index (χ3v) is 3.48. The quantitative estimate of drug-likeness (QED) is 0.605.